The highest BCUT2D eigenvalue weighted by Gasteiger charge is 2.26. The van der Waals surface area contributed by atoms with Crippen molar-refractivity contribution < 1.29 is 0 Å². The summed E-state index contributed by atoms with van der Waals surface area (Å²) < 4.78 is 4.75. The summed E-state index contributed by atoms with van der Waals surface area (Å²) in [7, 11) is 0. The van der Waals surface area contributed by atoms with Crippen molar-refractivity contribution in [2.75, 3.05) is 0 Å². The Balaban J connectivity index is 1.22. The van der Waals surface area contributed by atoms with E-state index in [1.165, 1.54) is 33.0 Å². The zero-order valence-electron chi connectivity index (χ0n) is 38.9. The normalized spacial score (nSPS) is 11.7. The van der Waals surface area contributed by atoms with Crippen molar-refractivity contribution >= 4 is 43.6 Å². The highest BCUT2D eigenvalue weighted by Crippen LogP contribution is 2.45. The molecular weight excluding hydrogens is 831 g/mol. The van der Waals surface area contributed by atoms with Crippen molar-refractivity contribution in [3.05, 3.63) is 210 Å². The Morgan fingerprint density at radius 1 is 0.324 bits per heavy atom. The molecule has 5 heterocycles. The second-order valence-corrected chi connectivity index (χ2v) is 18.1. The molecule has 0 radical (unpaired) electrons. The number of hydrogen-bond acceptors (Lipinski definition) is 5. The molecule has 7 heteroatoms. The average Bonchev–Trinajstić information content (AvgIpc) is 3.84. The Labute approximate surface area is 395 Å². The Hall–Kier alpha value is -8.55. The van der Waals surface area contributed by atoms with Crippen molar-refractivity contribution in [1.82, 2.24) is 34.1 Å². The van der Waals surface area contributed by atoms with Gasteiger partial charge in [0.15, 0.2) is 17.5 Å². The fourth-order valence-electron chi connectivity index (χ4n) is 10.2. The van der Waals surface area contributed by atoms with Gasteiger partial charge in [-0.3, -0.25) is 9.97 Å². The Morgan fingerprint density at radius 2 is 0.721 bits per heavy atom. The predicted octanol–water partition coefficient (Wildman–Crippen LogP) is 15.0. The van der Waals surface area contributed by atoms with Gasteiger partial charge in [0, 0.05) is 60.8 Å². The summed E-state index contributed by atoms with van der Waals surface area (Å²) in [4.78, 5) is 26.4. The predicted molar refractivity (Wildman–Crippen MR) is 280 cm³/mol. The van der Waals surface area contributed by atoms with Gasteiger partial charge in [-0.25, -0.2) is 15.0 Å². The number of benzene rings is 7. The number of aromatic nitrogens is 7. The molecule has 0 spiro atoms. The molecule has 12 aromatic rings. The summed E-state index contributed by atoms with van der Waals surface area (Å²) in [5.41, 5.74) is 19.8. The van der Waals surface area contributed by atoms with E-state index in [1.54, 1.807) is 0 Å². The van der Waals surface area contributed by atoms with Crippen LogP contribution in [0.3, 0.4) is 0 Å². The molecule has 0 aliphatic carbocycles. The number of para-hydroxylation sites is 2. The third kappa shape index (κ3) is 6.69. The molecule has 0 unspecified atom stereocenters. The zero-order valence-corrected chi connectivity index (χ0v) is 38.9. The fraction of sp³-hybridized carbons (Fsp3) is 0.0984. The van der Waals surface area contributed by atoms with E-state index in [0.29, 0.717) is 17.5 Å². The SMILES string of the molecule is Cc1ccc2c(c1)c1cc(C)ncc1n2-c1c(-c2nc(-c3ccccc3)nc(-c3cccc(-c4ccccc4C)c3-n3c4ccc(C)cc4c4cc(C)ncc43)n2)cccc1-c1ccccc1C. The molecule has 7 nitrogen and oxygen atoms in total. The van der Waals surface area contributed by atoms with E-state index in [1.807, 2.05) is 30.6 Å². The van der Waals surface area contributed by atoms with Gasteiger partial charge in [0.1, 0.15) is 0 Å². The maximum absolute atomic E-state index is 5.65. The zero-order chi connectivity index (χ0) is 46.2. The van der Waals surface area contributed by atoms with E-state index in [4.69, 9.17) is 24.9 Å². The van der Waals surface area contributed by atoms with E-state index in [-0.39, 0.29) is 0 Å². The average molecular weight is 878 g/mol. The van der Waals surface area contributed by atoms with Crippen LogP contribution in [0.15, 0.2) is 176 Å². The molecule has 12 rings (SSSR count). The van der Waals surface area contributed by atoms with Crippen molar-refractivity contribution in [1.29, 1.82) is 0 Å². The standard InChI is InChI=1S/C61H47N7/c1-36-26-28-53-49(30-36)51-32-40(5)62-34-55(51)67(53)57-45(43-20-12-10-16-38(43)3)22-14-24-47(57)60-64-59(42-18-8-7-9-19-42)65-61(66-60)48-25-15-23-46(44-21-13-11-17-39(44)4)58(48)68-54-29-27-37(2)31-50(54)52-33-41(6)63-35-56(52)68/h7-35H,1-6H3. The molecule has 7 aromatic carbocycles. The van der Waals surface area contributed by atoms with Crippen LogP contribution in [-0.2, 0) is 0 Å². The lowest BCUT2D eigenvalue weighted by atomic mass is 9.95. The summed E-state index contributed by atoms with van der Waals surface area (Å²) in [6, 6.07) is 58.3. The topological polar surface area (TPSA) is 74.3 Å². The van der Waals surface area contributed by atoms with E-state index in [2.05, 4.69) is 196 Å². The van der Waals surface area contributed by atoms with Gasteiger partial charge < -0.3 is 9.13 Å². The van der Waals surface area contributed by atoms with E-state index >= 15 is 0 Å². The van der Waals surface area contributed by atoms with Crippen LogP contribution in [0.25, 0.3) is 111 Å². The molecule has 0 bridgehead atoms. The minimum Gasteiger partial charge on any atom is -0.306 e. The third-order valence-corrected chi connectivity index (χ3v) is 13.4. The Morgan fingerprint density at radius 3 is 1.19 bits per heavy atom. The van der Waals surface area contributed by atoms with Gasteiger partial charge in [-0.15, -0.1) is 0 Å². The summed E-state index contributed by atoms with van der Waals surface area (Å²) >= 11 is 0. The van der Waals surface area contributed by atoms with Crippen LogP contribution in [0.5, 0.6) is 0 Å². The monoisotopic (exact) mass is 877 g/mol. The fourth-order valence-corrected chi connectivity index (χ4v) is 10.2. The number of aryl methyl sites for hydroxylation is 6. The molecule has 5 aromatic heterocycles. The molecule has 68 heavy (non-hydrogen) atoms. The molecule has 326 valence electrons. The molecule has 0 atom stereocenters. The van der Waals surface area contributed by atoms with Crippen LogP contribution < -0.4 is 0 Å². The molecule has 0 fully saturated rings. The summed E-state index contributed by atoms with van der Waals surface area (Å²) in [5.74, 6) is 1.70. The highest BCUT2D eigenvalue weighted by atomic mass is 15.1. The minimum atomic E-state index is 0.559. The quantitative estimate of drug-likeness (QED) is 0.159. The van der Waals surface area contributed by atoms with Gasteiger partial charge in [-0.2, -0.15) is 0 Å². The second-order valence-electron chi connectivity index (χ2n) is 18.1. The summed E-state index contributed by atoms with van der Waals surface area (Å²) in [5, 5.41) is 4.63. The molecule has 0 N–H and O–H groups in total. The van der Waals surface area contributed by atoms with Crippen LogP contribution >= 0.6 is 0 Å². The lowest BCUT2D eigenvalue weighted by molar-refractivity contribution is 1.05. The maximum Gasteiger partial charge on any atom is 0.166 e. The Bertz CT molecular complexity index is 3630. The van der Waals surface area contributed by atoms with E-state index in [0.717, 1.165) is 94.5 Å². The van der Waals surface area contributed by atoms with Gasteiger partial charge in [0.05, 0.1) is 45.8 Å². The molecule has 0 saturated carbocycles. The van der Waals surface area contributed by atoms with Crippen LogP contribution in [0.1, 0.15) is 33.6 Å². The first kappa shape index (κ1) is 40.9. The molecule has 0 aliphatic rings. The maximum atomic E-state index is 5.65. The lowest BCUT2D eigenvalue weighted by Crippen LogP contribution is -2.07. The highest BCUT2D eigenvalue weighted by molar-refractivity contribution is 6.12. The summed E-state index contributed by atoms with van der Waals surface area (Å²) in [6.45, 7) is 12.8. The van der Waals surface area contributed by atoms with Crippen LogP contribution in [0.4, 0.5) is 0 Å². The van der Waals surface area contributed by atoms with Crippen LogP contribution in [0.2, 0.25) is 0 Å². The van der Waals surface area contributed by atoms with E-state index in [9.17, 15) is 0 Å². The Kier molecular flexibility index (Phi) is 9.69. The first-order chi connectivity index (χ1) is 33.2. The minimum absolute atomic E-state index is 0.559. The third-order valence-electron chi connectivity index (χ3n) is 13.4. The molecule has 0 saturated heterocycles. The van der Waals surface area contributed by atoms with Gasteiger partial charge in [0.2, 0.25) is 0 Å². The molecule has 0 aliphatic heterocycles. The largest absolute Gasteiger partial charge is 0.306 e. The van der Waals surface area contributed by atoms with Crippen molar-refractivity contribution in [3.8, 4) is 67.8 Å². The van der Waals surface area contributed by atoms with Crippen molar-refractivity contribution in [2.45, 2.75) is 41.5 Å². The lowest BCUT2D eigenvalue weighted by Gasteiger charge is -2.21. The van der Waals surface area contributed by atoms with E-state index < -0.39 is 0 Å². The van der Waals surface area contributed by atoms with Gasteiger partial charge in [-0.05, 0) is 112 Å². The number of pyridine rings is 2. The van der Waals surface area contributed by atoms with Crippen LogP contribution in [0, 0.1) is 41.5 Å². The van der Waals surface area contributed by atoms with Crippen LogP contribution in [-0.4, -0.2) is 34.1 Å². The van der Waals surface area contributed by atoms with Gasteiger partial charge in [0.25, 0.3) is 0 Å². The number of nitrogens with zero attached hydrogens (tertiary/aromatic N) is 7. The molecular formula is C61H47N7. The number of fused-ring (bicyclic) bond motifs is 6. The van der Waals surface area contributed by atoms with Crippen molar-refractivity contribution in [2.24, 2.45) is 0 Å². The number of hydrogen-bond donors (Lipinski definition) is 0. The molecule has 0 amide bonds. The van der Waals surface area contributed by atoms with Gasteiger partial charge in [-0.1, -0.05) is 126 Å². The first-order valence-electron chi connectivity index (χ1n) is 23.2. The smallest absolute Gasteiger partial charge is 0.166 e. The second kappa shape index (κ2) is 16.1. The van der Waals surface area contributed by atoms with Gasteiger partial charge >= 0.3 is 0 Å². The first-order valence-corrected chi connectivity index (χ1v) is 23.2. The number of rotatable bonds is 7. The summed E-state index contributed by atoms with van der Waals surface area (Å²) in [6.07, 6.45) is 4.03. The van der Waals surface area contributed by atoms with Crippen molar-refractivity contribution in [3.63, 3.8) is 0 Å².